The van der Waals surface area contributed by atoms with Gasteiger partial charge in [0.2, 0.25) is 12.7 Å². The predicted octanol–water partition coefficient (Wildman–Crippen LogP) is 2.65. The Balaban J connectivity index is 1.67. The van der Waals surface area contributed by atoms with Gasteiger partial charge < -0.3 is 19.5 Å². The first-order valence-corrected chi connectivity index (χ1v) is 8.48. The molecule has 1 aliphatic carbocycles. The Morgan fingerprint density at radius 1 is 1.21 bits per heavy atom. The number of benzene rings is 1. The molecule has 6 heteroatoms. The normalized spacial score (nSPS) is 22.2. The van der Waals surface area contributed by atoms with Gasteiger partial charge in [0.05, 0.1) is 5.92 Å². The van der Waals surface area contributed by atoms with Crippen LogP contribution in [0.15, 0.2) is 18.2 Å². The summed E-state index contributed by atoms with van der Waals surface area (Å²) in [5.74, 6) is 0.127. The van der Waals surface area contributed by atoms with Crippen molar-refractivity contribution in [3.63, 3.8) is 0 Å². The summed E-state index contributed by atoms with van der Waals surface area (Å²) in [7, 11) is 0. The van der Waals surface area contributed by atoms with Crippen LogP contribution in [-0.4, -0.2) is 35.2 Å². The third-order valence-corrected chi connectivity index (χ3v) is 4.88. The Morgan fingerprint density at radius 2 is 1.96 bits per heavy atom. The van der Waals surface area contributed by atoms with Gasteiger partial charge in [0.1, 0.15) is 0 Å². The Hall–Kier alpha value is -2.24. The average Bonchev–Trinajstić information content (AvgIpc) is 3.07. The molecule has 2 atom stereocenters. The molecule has 2 unspecified atom stereocenters. The zero-order chi connectivity index (χ0) is 17.1. The van der Waals surface area contributed by atoms with E-state index in [9.17, 15) is 14.7 Å². The number of carbonyl (C=O) groups excluding carboxylic acids is 1. The molecule has 0 radical (unpaired) electrons. The summed E-state index contributed by atoms with van der Waals surface area (Å²) >= 11 is 0. The minimum absolute atomic E-state index is 0.0566. The molecule has 1 heterocycles. The molecule has 24 heavy (non-hydrogen) atoms. The number of aliphatic carboxylic acids is 1. The van der Waals surface area contributed by atoms with E-state index in [-0.39, 0.29) is 18.6 Å². The highest BCUT2D eigenvalue weighted by Crippen LogP contribution is 2.34. The second kappa shape index (κ2) is 7.11. The summed E-state index contributed by atoms with van der Waals surface area (Å²) < 4.78 is 10.7. The van der Waals surface area contributed by atoms with Crippen LogP contribution in [-0.2, 0) is 16.1 Å². The van der Waals surface area contributed by atoms with Gasteiger partial charge in [-0.05, 0) is 43.9 Å². The Bertz CT molecular complexity index is 630. The van der Waals surface area contributed by atoms with Gasteiger partial charge >= 0.3 is 5.97 Å². The lowest BCUT2D eigenvalue weighted by Crippen LogP contribution is -2.38. The standard InChI is InChI=1S/C18H23NO5/c1-2-19(10-12-6-7-15-16(8-12)24-11-23-15)17(20)13-4-3-5-14(9-13)18(21)22/h6-8,13-14H,2-5,9-11H2,1H3,(H,21,22). The summed E-state index contributed by atoms with van der Waals surface area (Å²) in [6, 6.07) is 5.70. The second-order valence-corrected chi connectivity index (χ2v) is 6.44. The van der Waals surface area contributed by atoms with Crippen molar-refractivity contribution in [2.45, 2.75) is 39.2 Å². The van der Waals surface area contributed by atoms with E-state index in [0.717, 1.165) is 24.2 Å². The van der Waals surface area contributed by atoms with Gasteiger partial charge in [-0.25, -0.2) is 0 Å². The van der Waals surface area contributed by atoms with E-state index >= 15 is 0 Å². The molecule has 0 spiro atoms. The van der Waals surface area contributed by atoms with Gasteiger partial charge in [0.15, 0.2) is 11.5 Å². The molecular weight excluding hydrogens is 310 g/mol. The Kier molecular flexibility index (Phi) is 4.92. The van der Waals surface area contributed by atoms with Gasteiger partial charge in [-0.15, -0.1) is 0 Å². The van der Waals surface area contributed by atoms with Crippen molar-refractivity contribution in [1.82, 2.24) is 4.90 Å². The van der Waals surface area contributed by atoms with Gasteiger partial charge in [-0.1, -0.05) is 12.5 Å². The van der Waals surface area contributed by atoms with E-state index in [1.807, 2.05) is 25.1 Å². The van der Waals surface area contributed by atoms with E-state index in [0.29, 0.717) is 31.7 Å². The van der Waals surface area contributed by atoms with Gasteiger partial charge in [-0.3, -0.25) is 9.59 Å². The highest BCUT2D eigenvalue weighted by molar-refractivity contribution is 5.80. The molecular formula is C18H23NO5. The number of carbonyl (C=O) groups is 2. The third kappa shape index (κ3) is 3.47. The van der Waals surface area contributed by atoms with E-state index in [1.165, 1.54) is 0 Å². The predicted molar refractivity (Wildman–Crippen MR) is 86.7 cm³/mol. The zero-order valence-electron chi connectivity index (χ0n) is 13.9. The molecule has 1 aromatic carbocycles. The van der Waals surface area contributed by atoms with Gasteiger partial charge in [0.25, 0.3) is 0 Å². The number of hydrogen-bond acceptors (Lipinski definition) is 4. The van der Waals surface area contributed by atoms with E-state index in [4.69, 9.17) is 9.47 Å². The summed E-state index contributed by atoms with van der Waals surface area (Å²) in [5.41, 5.74) is 0.986. The number of carboxylic acids is 1. The van der Waals surface area contributed by atoms with Gasteiger partial charge in [0, 0.05) is 19.0 Å². The quantitative estimate of drug-likeness (QED) is 0.896. The van der Waals surface area contributed by atoms with Crippen LogP contribution in [0.1, 0.15) is 38.2 Å². The molecule has 3 rings (SSSR count). The largest absolute Gasteiger partial charge is 0.481 e. The SMILES string of the molecule is CCN(Cc1ccc2c(c1)OCO2)C(=O)C1CCCC(C(=O)O)C1. The maximum atomic E-state index is 12.8. The number of carboxylic acid groups (broad SMARTS) is 1. The fraction of sp³-hybridized carbons (Fsp3) is 0.556. The highest BCUT2D eigenvalue weighted by Gasteiger charge is 2.33. The number of hydrogen-bond donors (Lipinski definition) is 1. The van der Waals surface area contributed by atoms with Crippen molar-refractivity contribution in [2.24, 2.45) is 11.8 Å². The molecule has 1 aliphatic heterocycles. The summed E-state index contributed by atoms with van der Waals surface area (Å²) in [5, 5.41) is 9.21. The molecule has 0 saturated heterocycles. The molecule has 1 N–H and O–H groups in total. The minimum Gasteiger partial charge on any atom is -0.481 e. The summed E-state index contributed by atoms with van der Waals surface area (Å²) in [6.45, 7) is 3.28. The molecule has 2 aliphatic rings. The maximum Gasteiger partial charge on any atom is 0.306 e. The summed E-state index contributed by atoms with van der Waals surface area (Å²) in [4.78, 5) is 25.8. The van der Waals surface area contributed by atoms with Crippen LogP contribution in [0.25, 0.3) is 0 Å². The molecule has 1 aromatic rings. The van der Waals surface area contributed by atoms with Crippen LogP contribution >= 0.6 is 0 Å². The number of fused-ring (bicyclic) bond motifs is 1. The van der Waals surface area contributed by atoms with Crippen LogP contribution in [0.5, 0.6) is 11.5 Å². The van der Waals surface area contributed by atoms with Crippen molar-refractivity contribution < 1.29 is 24.2 Å². The number of nitrogens with zero attached hydrogens (tertiary/aromatic N) is 1. The first-order valence-electron chi connectivity index (χ1n) is 8.48. The maximum absolute atomic E-state index is 12.8. The van der Waals surface area contributed by atoms with E-state index in [2.05, 4.69) is 0 Å². The number of rotatable bonds is 5. The lowest BCUT2D eigenvalue weighted by Gasteiger charge is -2.31. The Labute approximate surface area is 141 Å². The molecule has 0 bridgehead atoms. The lowest BCUT2D eigenvalue weighted by atomic mass is 9.80. The molecule has 1 amide bonds. The molecule has 1 saturated carbocycles. The fourth-order valence-electron chi connectivity index (χ4n) is 3.50. The van der Waals surface area contributed by atoms with Crippen molar-refractivity contribution in [2.75, 3.05) is 13.3 Å². The van der Waals surface area contributed by atoms with Crippen molar-refractivity contribution in [3.8, 4) is 11.5 Å². The minimum atomic E-state index is -0.786. The molecule has 1 fully saturated rings. The van der Waals surface area contributed by atoms with Crippen molar-refractivity contribution in [1.29, 1.82) is 0 Å². The number of amides is 1. The van der Waals surface area contributed by atoms with Crippen LogP contribution in [0.4, 0.5) is 0 Å². The second-order valence-electron chi connectivity index (χ2n) is 6.44. The zero-order valence-corrected chi connectivity index (χ0v) is 13.9. The number of ether oxygens (including phenoxy) is 2. The highest BCUT2D eigenvalue weighted by atomic mass is 16.7. The Morgan fingerprint density at radius 3 is 2.71 bits per heavy atom. The van der Waals surface area contributed by atoms with Crippen LogP contribution in [0.2, 0.25) is 0 Å². The van der Waals surface area contributed by atoms with Crippen LogP contribution in [0.3, 0.4) is 0 Å². The summed E-state index contributed by atoms with van der Waals surface area (Å²) in [6.07, 6.45) is 2.70. The van der Waals surface area contributed by atoms with Crippen LogP contribution < -0.4 is 9.47 Å². The first-order chi connectivity index (χ1) is 11.6. The average molecular weight is 333 g/mol. The van der Waals surface area contributed by atoms with Gasteiger partial charge in [-0.2, -0.15) is 0 Å². The van der Waals surface area contributed by atoms with Crippen LogP contribution in [0, 0.1) is 11.8 Å². The van der Waals surface area contributed by atoms with E-state index in [1.54, 1.807) is 4.90 Å². The topological polar surface area (TPSA) is 76.1 Å². The van der Waals surface area contributed by atoms with E-state index < -0.39 is 11.9 Å². The first kappa shape index (κ1) is 16.6. The molecule has 130 valence electrons. The molecule has 6 nitrogen and oxygen atoms in total. The smallest absolute Gasteiger partial charge is 0.306 e. The third-order valence-electron chi connectivity index (χ3n) is 4.88. The lowest BCUT2D eigenvalue weighted by molar-refractivity contribution is -0.145. The van der Waals surface area contributed by atoms with Crippen molar-refractivity contribution >= 4 is 11.9 Å². The monoisotopic (exact) mass is 333 g/mol. The fourth-order valence-corrected chi connectivity index (χ4v) is 3.50. The van der Waals surface area contributed by atoms with Crippen molar-refractivity contribution in [3.05, 3.63) is 23.8 Å². The molecule has 0 aromatic heterocycles.